The molecule has 2 saturated heterocycles. The van der Waals surface area contributed by atoms with Crippen molar-refractivity contribution in [3.8, 4) is 0 Å². The Morgan fingerprint density at radius 3 is 2.59 bits per heavy atom. The first-order chi connectivity index (χ1) is 10.6. The van der Waals surface area contributed by atoms with Crippen LogP contribution in [0, 0.1) is 5.92 Å². The molecule has 3 fully saturated rings. The Morgan fingerprint density at radius 1 is 1.23 bits per heavy atom. The number of methoxy groups -OCH3 is 1. The Bertz CT molecular complexity index is 428. The zero-order valence-electron chi connectivity index (χ0n) is 13.3. The molecule has 1 N–H and O–H groups in total. The van der Waals surface area contributed by atoms with E-state index in [1.807, 2.05) is 4.90 Å². The maximum Gasteiger partial charge on any atom is 0.249 e. The second-order valence-corrected chi connectivity index (χ2v) is 6.83. The molecule has 0 aromatic heterocycles. The summed E-state index contributed by atoms with van der Waals surface area (Å²) in [5.74, 6) is 0.769. The first kappa shape index (κ1) is 15.7. The summed E-state index contributed by atoms with van der Waals surface area (Å²) in [6.45, 7) is 2.32. The maximum atomic E-state index is 12.1. The molecule has 0 radical (unpaired) electrons. The maximum absolute atomic E-state index is 12.1. The van der Waals surface area contributed by atoms with Crippen LogP contribution in [0.15, 0.2) is 0 Å². The molecule has 1 atom stereocenters. The highest BCUT2D eigenvalue weighted by Gasteiger charge is 2.45. The van der Waals surface area contributed by atoms with E-state index in [9.17, 15) is 9.59 Å². The van der Waals surface area contributed by atoms with Gasteiger partial charge in [-0.1, -0.05) is 0 Å². The largest absolute Gasteiger partial charge is 0.375 e. The van der Waals surface area contributed by atoms with Crippen molar-refractivity contribution in [1.29, 1.82) is 0 Å². The third-order valence-corrected chi connectivity index (χ3v) is 5.10. The molecule has 3 aliphatic rings. The van der Waals surface area contributed by atoms with E-state index in [2.05, 4.69) is 5.32 Å². The molecule has 1 aliphatic carbocycles. The van der Waals surface area contributed by atoms with Crippen molar-refractivity contribution in [2.75, 3.05) is 33.4 Å². The highest BCUT2D eigenvalue weighted by atomic mass is 16.5. The number of hydrogen-bond donors (Lipinski definition) is 1. The van der Waals surface area contributed by atoms with Crippen LogP contribution in [-0.2, 0) is 19.1 Å². The Balaban J connectivity index is 1.45. The van der Waals surface area contributed by atoms with Crippen LogP contribution >= 0.6 is 0 Å². The molecule has 6 nitrogen and oxygen atoms in total. The summed E-state index contributed by atoms with van der Waals surface area (Å²) >= 11 is 0. The van der Waals surface area contributed by atoms with Gasteiger partial charge in [-0.2, -0.15) is 0 Å². The molecule has 0 bridgehead atoms. The van der Waals surface area contributed by atoms with Gasteiger partial charge in [-0.05, 0) is 44.4 Å². The number of likely N-dealkylation sites (tertiary alicyclic amines) is 1. The Hall–Kier alpha value is -1.14. The Morgan fingerprint density at radius 2 is 1.95 bits per heavy atom. The van der Waals surface area contributed by atoms with Crippen molar-refractivity contribution in [3.63, 3.8) is 0 Å². The summed E-state index contributed by atoms with van der Waals surface area (Å²) in [6.07, 6.45) is 5.51. The molecule has 6 heteroatoms. The fourth-order valence-corrected chi connectivity index (χ4v) is 3.43. The van der Waals surface area contributed by atoms with Crippen LogP contribution in [0.3, 0.4) is 0 Å². The average molecular weight is 310 g/mol. The second-order valence-electron chi connectivity index (χ2n) is 6.83. The summed E-state index contributed by atoms with van der Waals surface area (Å²) in [4.78, 5) is 25.8. The van der Waals surface area contributed by atoms with E-state index in [1.165, 1.54) is 20.0 Å². The Labute approximate surface area is 131 Å². The minimum atomic E-state index is -0.306. The minimum Gasteiger partial charge on any atom is -0.375 e. The van der Waals surface area contributed by atoms with E-state index in [1.54, 1.807) is 0 Å². The van der Waals surface area contributed by atoms with Crippen LogP contribution in [0.5, 0.6) is 0 Å². The van der Waals surface area contributed by atoms with E-state index in [0.29, 0.717) is 19.0 Å². The van der Waals surface area contributed by atoms with Crippen molar-refractivity contribution in [2.45, 2.75) is 50.2 Å². The predicted octanol–water partition coefficient (Wildman–Crippen LogP) is 0.699. The number of carbonyl (C=O) groups excluding carboxylic acids is 2. The highest BCUT2D eigenvalue weighted by Crippen LogP contribution is 2.39. The molecule has 0 aromatic rings. The summed E-state index contributed by atoms with van der Waals surface area (Å²) in [5.41, 5.74) is -0.203. The number of carbonyl (C=O) groups is 2. The van der Waals surface area contributed by atoms with E-state index in [-0.39, 0.29) is 30.1 Å². The van der Waals surface area contributed by atoms with Gasteiger partial charge in [0.1, 0.15) is 12.7 Å². The molecular weight excluding hydrogens is 284 g/mol. The molecule has 0 aromatic carbocycles. The zero-order valence-corrected chi connectivity index (χ0v) is 13.3. The molecule has 124 valence electrons. The molecule has 1 spiro atoms. The van der Waals surface area contributed by atoms with Gasteiger partial charge in [0.25, 0.3) is 0 Å². The van der Waals surface area contributed by atoms with E-state index < -0.39 is 0 Å². The first-order valence-corrected chi connectivity index (χ1v) is 8.34. The van der Waals surface area contributed by atoms with E-state index >= 15 is 0 Å². The van der Waals surface area contributed by atoms with E-state index in [4.69, 9.17) is 9.47 Å². The third kappa shape index (κ3) is 3.60. The van der Waals surface area contributed by atoms with Gasteiger partial charge in [0.05, 0.1) is 5.60 Å². The summed E-state index contributed by atoms with van der Waals surface area (Å²) in [5, 5.41) is 3.01. The molecule has 1 saturated carbocycles. The van der Waals surface area contributed by atoms with Crippen molar-refractivity contribution >= 4 is 11.8 Å². The van der Waals surface area contributed by atoms with Gasteiger partial charge in [-0.3, -0.25) is 9.59 Å². The van der Waals surface area contributed by atoms with Crippen LogP contribution in [0.25, 0.3) is 0 Å². The zero-order chi connectivity index (χ0) is 15.6. The highest BCUT2D eigenvalue weighted by molar-refractivity contribution is 5.81. The number of ether oxygens (including phenoxy) is 2. The van der Waals surface area contributed by atoms with Gasteiger partial charge in [0.2, 0.25) is 11.8 Å². The van der Waals surface area contributed by atoms with Gasteiger partial charge >= 0.3 is 0 Å². The number of nitrogens with zero attached hydrogens (tertiary/aromatic N) is 1. The van der Waals surface area contributed by atoms with Gasteiger partial charge < -0.3 is 19.7 Å². The van der Waals surface area contributed by atoms with Crippen LogP contribution in [-0.4, -0.2) is 61.8 Å². The lowest BCUT2D eigenvalue weighted by molar-refractivity contribution is -0.147. The number of piperidine rings is 1. The van der Waals surface area contributed by atoms with Crippen LogP contribution < -0.4 is 5.32 Å². The predicted molar refractivity (Wildman–Crippen MR) is 80.3 cm³/mol. The van der Waals surface area contributed by atoms with Gasteiger partial charge in [-0.15, -0.1) is 0 Å². The van der Waals surface area contributed by atoms with Crippen LogP contribution in [0.2, 0.25) is 0 Å². The average Bonchev–Trinajstić information content (AvgIpc) is 3.27. The van der Waals surface area contributed by atoms with Crippen molar-refractivity contribution < 1.29 is 19.1 Å². The topological polar surface area (TPSA) is 67.9 Å². The first-order valence-electron chi connectivity index (χ1n) is 8.34. The molecule has 2 heterocycles. The fraction of sp³-hybridized carbons (Fsp3) is 0.875. The molecule has 2 amide bonds. The lowest BCUT2D eigenvalue weighted by atomic mass is 9.88. The molecule has 3 rings (SSSR count). The van der Waals surface area contributed by atoms with Crippen molar-refractivity contribution in [2.24, 2.45) is 5.92 Å². The van der Waals surface area contributed by atoms with Crippen LogP contribution in [0.1, 0.15) is 38.5 Å². The monoisotopic (exact) mass is 310 g/mol. The number of amides is 2. The molecule has 2 aliphatic heterocycles. The number of nitrogens with one attached hydrogen (secondary N) is 1. The molecule has 22 heavy (non-hydrogen) atoms. The Kier molecular flexibility index (Phi) is 4.68. The van der Waals surface area contributed by atoms with Gasteiger partial charge in [0.15, 0.2) is 0 Å². The molecular formula is C16H26N2O4. The lowest BCUT2D eigenvalue weighted by Gasteiger charge is -2.39. The quantitative estimate of drug-likeness (QED) is 0.811. The van der Waals surface area contributed by atoms with Crippen LogP contribution in [0.4, 0.5) is 0 Å². The SMILES string of the molecule is COCC(=O)N1CCC2(CC[C@H](C(=O)NCC3CC3)O2)CC1. The smallest absolute Gasteiger partial charge is 0.249 e. The van der Waals surface area contributed by atoms with Crippen molar-refractivity contribution in [1.82, 2.24) is 10.2 Å². The standard InChI is InChI=1S/C16H26N2O4/c1-21-11-14(19)18-8-6-16(7-9-18)5-4-13(22-16)15(20)17-10-12-2-3-12/h12-13H,2-11H2,1H3,(H,17,20)/t13-/m1/s1. The minimum absolute atomic E-state index is 0.0362. The van der Waals surface area contributed by atoms with E-state index in [0.717, 1.165) is 32.2 Å². The summed E-state index contributed by atoms with van der Waals surface area (Å²) in [7, 11) is 1.54. The van der Waals surface area contributed by atoms with Crippen molar-refractivity contribution in [3.05, 3.63) is 0 Å². The second kappa shape index (κ2) is 6.54. The normalized spacial score (nSPS) is 27.1. The lowest BCUT2D eigenvalue weighted by Crippen LogP contribution is -2.48. The van der Waals surface area contributed by atoms with Gasteiger partial charge in [0, 0.05) is 26.7 Å². The third-order valence-electron chi connectivity index (χ3n) is 5.10. The summed E-state index contributed by atoms with van der Waals surface area (Å²) in [6, 6.07) is 0. The van der Waals surface area contributed by atoms with Gasteiger partial charge in [-0.25, -0.2) is 0 Å². The summed E-state index contributed by atoms with van der Waals surface area (Å²) < 4.78 is 11.0. The molecule has 0 unspecified atom stereocenters. The number of rotatable bonds is 5. The number of hydrogen-bond acceptors (Lipinski definition) is 4. The fourth-order valence-electron chi connectivity index (χ4n) is 3.43.